The normalized spacial score (nSPS) is 11.5. The Morgan fingerprint density at radius 1 is 1.03 bits per heavy atom. The quantitative estimate of drug-likeness (QED) is 0.248. The summed E-state index contributed by atoms with van der Waals surface area (Å²) in [5, 5.41) is 17.6. The first-order chi connectivity index (χ1) is 16.1. The Morgan fingerprint density at radius 2 is 1.88 bits per heavy atom. The maximum Gasteiger partial charge on any atom is 0.203 e. The van der Waals surface area contributed by atoms with Crippen molar-refractivity contribution in [1.82, 2.24) is 14.5 Å². The third-order valence-corrected chi connectivity index (χ3v) is 5.30. The third-order valence-electron chi connectivity index (χ3n) is 5.30. The molecule has 2 N–H and O–H groups in total. The summed E-state index contributed by atoms with van der Waals surface area (Å²) in [5.74, 6) is 1.95. The molecule has 0 radical (unpaired) electrons. The van der Waals surface area contributed by atoms with Crippen LogP contribution in [0.2, 0.25) is 0 Å². The number of aliphatic hydroxyl groups excluding tert-OH is 2. The largest absolute Gasteiger partial charge is 0.491 e. The zero-order valence-corrected chi connectivity index (χ0v) is 18.5. The molecule has 174 valence electrons. The summed E-state index contributed by atoms with van der Waals surface area (Å²) in [6.07, 6.45) is 1.39. The van der Waals surface area contributed by atoms with E-state index in [1.165, 1.54) is 0 Å². The standard InChI is InChI=1S/C24H27N3O6/c1-27-20-7-4-16(21(30)3-2-10-31-11-8-28)13-19(20)25-23(27)15-24-26-18-6-5-17(32-12-9-29)14-22(18)33-24/h4-7,13-14,28-29H,2-3,8-12,15H2,1H3. The number of hydrogen-bond acceptors (Lipinski definition) is 8. The van der Waals surface area contributed by atoms with Crippen molar-refractivity contribution < 1.29 is 28.9 Å². The lowest BCUT2D eigenvalue weighted by Crippen LogP contribution is -2.04. The van der Waals surface area contributed by atoms with E-state index in [9.17, 15) is 4.79 Å². The first-order valence-electron chi connectivity index (χ1n) is 10.9. The van der Waals surface area contributed by atoms with E-state index < -0.39 is 0 Å². The van der Waals surface area contributed by atoms with Gasteiger partial charge in [-0.3, -0.25) is 4.79 Å². The first-order valence-corrected chi connectivity index (χ1v) is 10.9. The molecule has 4 aromatic rings. The second kappa shape index (κ2) is 10.6. The number of Topliss-reactive ketones (excluding diaryl/α,β-unsaturated/α-hetero) is 1. The molecule has 0 saturated carbocycles. The Labute approximate surface area is 190 Å². The number of aromatic nitrogens is 3. The molecule has 0 fully saturated rings. The highest BCUT2D eigenvalue weighted by molar-refractivity contribution is 5.99. The molecule has 0 unspecified atom stereocenters. The lowest BCUT2D eigenvalue weighted by Gasteiger charge is -2.03. The van der Waals surface area contributed by atoms with Gasteiger partial charge in [-0.15, -0.1) is 0 Å². The molecule has 33 heavy (non-hydrogen) atoms. The number of aryl methyl sites for hydroxylation is 1. The van der Waals surface area contributed by atoms with Crippen LogP contribution < -0.4 is 4.74 Å². The van der Waals surface area contributed by atoms with Crippen LogP contribution in [0.1, 0.15) is 34.9 Å². The molecule has 0 saturated heterocycles. The molecule has 9 heteroatoms. The van der Waals surface area contributed by atoms with Gasteiger partial charge in [0.2, 0.25) is 5.89 Å². The molecule has 4 rings (SSSR count). The van der Waals surface area contributed by atoms with Crippen LogP contribution >= 0.6 is 0 Å². The van der Waals surface area contributed by atoms with Crippen molar-refractivity contribution in [1.29, 1.82) is 0 Å². The van der Waals surface area contributed by atoms with E-state index in [0.717, 1.165) is 22.4 Å². The fourth-order valence-corrected chi connectivity index (χ4v) is 3.64. The molecule has 0 aliphatic carbocycles. The number of carbonyl (C=O) groups excluding carboxylic acids is 1. The Balaban J connectivity index is 1.48. The second-order valence-corrected chi connectivity index (χ2v) is 7.64. The molecule has 2 aromatic carbocycles. The average molecular weight is 453 g/mol. The van der Waals surface area contributed by atoms with Crippen molar-refractivity contribution in [2.75, 3.05) is 33.0 Å². The summed E-state index contributed by atoms with van der Waals surface area (Å²) in [6, 6.07) is 10.9. The van der Waals surface area contributed by atoms with Gasteiger partial charge in [0.25, 0.3) is 0 Å². The lowest BCUT2D eigenvalue weighted by atomic mass is 10.1. The predicted octanol–water partition coefficient (Wildman–Crippen LogP) is 2.65. The van der Waals surface area contributed by atoms with E-state index >= 15 is 0 Å². The summed E-state index contributed by atoms with van der Waals surface area (Å²) < 4.78 is 18.5. The number of fused-ring (bicyclic) bond motifs is 2. The minimum absolute atomic E-state index is 0.0176. The van der Waals surface area contributed by atoms with E-state index in [4.69, 9.17) is 29.1 Å². The molecule has 0 aliphatic heterocycles. The van der Waals surface area contributed by atoms with Crippen LogP contribution in [0.15, 0.2) is 40.8 Å². The maximum atomic E-state index is 12.5. The highest BCUT2D eigenvalue weighted by Crippen LogP contribution is 2.24. The van der Waals surface area contributed by atoms with Gasteiger partial charge in [-0.05, 0) is 36.8 Å². The van der Waals surface area contributed by atoms with Gasteiger partial charge < -0.3 is 28.7 Å². The number of imidazole rings is 1. The third kappa shape index (κ3) is 5.39. The monoisotopic (exact) mass is 453 g/mol. The van der Waals surface area contributed by atoms with Gasteiger partial charge in [-0.25, -0.2) is 9.97 Å². The highest BCUT2D eigenvalue weighted by Gasteiger charge is 2.15. The van der Waals surface area contributed by atoms with Gasteiger partial charge in [0, 0.05) is 31.7 Å². The van der Waals surface area contributed by atoms with E-state index in [1.54, 1.807) is 12.1 Å². The first kappa shape index (κ1) is 22.9. The molecule has 0 aliphatic rings. The van der Waals surface area contributed by atoms with Crippen molar-refractivity contribution in [2.24, 2.45) is 7.05 Å². The molecule has 2 heterocycles. The second-order valence-electron chi connectivity index (χ2n) is 7.64. The molecule has 0 atom stereocenters. The van der Waals surface area contributed by atoms with Crippen molar-refractivity contribution in [2.45, 2.75) is 19.3 Å². The molecular weight excluding hydrogens is 426 g/mol. The van der Waals surface area contributed by atoms with Gasteiger partial charge in [-0.2, -0.15) is 0 Å². The van der Waals surface area contributed by atoms with Crippen LogP contribution in [0, 0.1) is 0 Å². The van der Waals surface area contributed by atoms with Crippen molar-refractivity contribution in [3.05, 3.63) is 53.7 Å². The Hall–Kier alpha value is -3.27. The zero-order valence-electron chi connectivity index (χ0n) is 18.5. The van der Waals surface area contributed by atoms with Gasteiger partial charge >= 0.3 is 0 Å². The van der Waals surface area contributed by atoms with Crippen molar-refractivity contribution in [3.8, 4) is 5.75 Å². The smallest absolute Gasteiger partial charge is 0.203 e. The minimum atomic E-state index is -0.0568. The zero-order chi connectivity index (χ0) is 23.2. The van der Waals surface area contributed by atoms with Gasteiger partial charge in [0.05, 0.1) is 37.3 Å². The van der Waals surface area contributed by atoms with E-state index in [1.807, 2.05) is 35.9 Å². The number of oxazole rings is 1. The fraction of sp³-hybridized carbons (Fsp3) is 0.375. The van der Waals surface area contributed by atoms with Crippen molar-refractivity contribution in [3.63, 3.8) is 0 Å². The van der Waals surface area contributed by atoms with Gasteiger partial charge in [0.1, 0.15) is 23.7 Å². The van der Waals surface area contributed by atoms with Crippen LogP contribution in [0.3, 0.4) is 0 Å². The van der Waals surface area contributed by atoms with Gasteiger partial charge in [-0.1, -0.05) is 0 Å². The summed E-state index contributed by atoms with van der Waals surface area (Å²) in [4.78, 5) is 21.7. The van der Waals surface area contributed by atoms with Crippen LogP contribution in [-0.2, 0) is 18.2 Å². The number of ketones is 1. The SMILES string of the molecule is Cn1c(Cc2nc3ccc(OCCO)cc3o2)nc2cc(C(=O)CCCOCCO)ccc21. The minimum Gasteiger partial charge on any atom is -0.491 e. The van der Waals surface area contributed by atoms with E-state index in [2.05, 4.69) is 4.98 Å². The molecule has 0 bridgehead atoms. The summed E-state index contributed by atoms with van der Waals surface area (Å²) in [7, 11) is 1.92. The number of nitrogens with zero attached hydrogens (tertiary/aromatic N) is 3. The molecule has 0 amide bonds. The summed E-state index contributed by atoms with van der Waals surface area (Å²) >= 11 is 0. The Bertz CT molecular complexity index is 1250. The van der Waals surface area contributed by atoms with E-state index in [-0.39, 0.29) is 32.2 Å². The maximum absolute atomic E-state index is 12.5. The lowest BCUT2D eigenvalue weighted by molar-refractivity contribution is 0.0832. The van der Waals surface area contributed by atoms with Gasteiger partial charge in [0.15, 0.2) is 11.4 Å². The van der Waals surface area contributed by atoms with E-state index in [0.29, 0.717) is 48.7 Å². The number of benzene rings is 2. The summed E-state index contributed by atoms with van der Waals surface area (Å²) in [6.45, 7) is 0.876. The molecule has 9 nitrogen and oxygen atoms in total. The molecule has 0 spiro atoms. The Morgan fingerprint density at radius 3 is 2.70 bits per heavy atom. The van der Waals surface area contributed by atoms with Crippen LogP contribution in [0.5, 0.6) is 5.75 Å². The number of carbonyl (C=O) groups is 1. The molecule has 2 aromatic heterocycles. The van der Waals surface area contributed by atoms with Crippen molar-refractivity contribution >= 4 is 27.9 Å². The predicted molar refractivity (Wildman–Crippen MR) is 122 cm³/mol. The fourth-order valence-electron chi connectivity index (χ4n) is 3.64. The van der Waals surface area contributed by atoms with Crippen LogP contribution in [-0.4, -0.2) is 63.6 Å². The number of ether oxygens (including phenoxy) is 2. The number of rotatable bonds is 12. The summed E-state index contributed by atoms with van der Waals surface area (Å²) in [5.41, 5.74) is 3.60. The van der Waals surface area contributed by atoms with Crippen LogP contribution in [0.4, 0.5) is 0 Å². The number of aliphatic hydroxyl groups is 2. The average Bonchev–Trinajstić information content (AvgIpc) is 3.36. The topological polar surface area (TPSA) is 120 Å². The highest BCUT2D eigenvalue weighted by atomic mass is 16.5. The Kier molecular flexibility index (Phi) is 7.33. The number of hydrogen-bond donors (Lipinski definition) is 2. The van der Waals surface area contributed by atoms with Crippen LogP contribution in [0.25, 0.3) is 22.1 Å². The molecular formula is C24H27N3O6.